The van der Waals surface area contributed by atoms with E-state index >= 15 is 0 Å². The van der Waals surface area contributed by atoms with Crippen molar-refractivity contribution in [2.45, 2.75) is 32.2 Å². The van der Waals surface area contributed by atoms with Crippen LogP contribution in [0.5, 0.6) is 0 Å². The van der Waals surface area contributed by atoms with Crippen molar-refractivity contribution in [3.05, 3.63) is 20.8 Å². The van der Waals surface area contributed by atoms with Crippen LogP contribution in [0.4, 0.5) is 5.82 Å². The van der Waals surface area contributed by atoms with E-state index in [1.807, 2.05) is 0 Å². The summed E-state index contributed by atoms with van der Waals surface area (Å²) in [5.74, 6) is 4.57. The second-order valence-electron chi connectivity index (χ2n) is 3.70. The fourth-order valence-electron chi connectivity index (χ4n) is 1.43. The molecule has 0 saturated carbocycles. The highest BCUT2D eigenvalue weighted by molar-refractivity contribution is 9.10. The molecule has 9 heteroatoms. The molecule has 0 aromatic carbocycles. The fourth-order valence-corrected chi connectivity index (χ4v) is 1.89. The molecule has 0 radical (unpaired) electrons. The van der Waals surface area contributed by atoms with Gasteiger partial charge in [0.25, 0.3) is 0 Å². The van der Waals surface area contributed by atoms with E-state index in [-0.39, 0.29) is 11.7 Å². The van der Waals surface area contributed by atoms with E-state index in [4.69, 9.17) is 5.84 Å². The highest BCUT2D eigenvalue weighted by Crippen LogP contribution is 2.22. The van der Waals surface area contributed by atoms with Crippen LogP contribution in [0.1, 0.15) is 25.7 Å². The summed E-state index contributed by atoms with van der Waals surface area (Å²) in [4.78, 5) is 20.9. The van der Waals surface area contributed by atoms with Crippen molar-refractivity contribution in [1.29, 1.82) is 0 Å². The van der Waals surface area contributed by atoms with Crippen LogP contribution in [0.3, 0.4) is 0 Å². The summed E-state index contributed by atoms with van der Waals surface area (Å²) in [7, 11) is 0. The van der Waals surface area contributed by atoms with Crippen LogP contribution in [0, 0.1) is 10.1 Å². The lowest BCUT2D eigenvalue weighted by Gasteiger charge is -1.99. The number of carbonyl (C=O) groups is 1. The Morgan fingerprint density at radius 3 is 2.83 bits per heavy atom. The summed E-state index contributed by atoms with van der Waals surface area (Å²) in [5.41, 5.74) is 2.06. The third-order valence-corrected chi connectivity index (χ3v) is 2.88. The van der Waals surface area contributed by atoms with Crippen molar-refractivity contribution in [3.63, 3.8) is 0 Å². The lowest BCUT2D eigenvalue weighted by atomic mass is 10.2. The topological polar surface area (TPSA) is 116 Å². The number of nitrogens with zero attached hydrogens (tertiary/aromatic N) is 3. The number of nitro groups is 1. The normalized spacial score (nSPS) is 10.3. The minimum Gasteiger partial charge on any atom is -0.358 e. The second kappa shape index (κ2) is 7.07. The number of hydrazine groups is 1. The molecule has 1 rings (SSSR count). The van der Waals surface area contributed by atoms with Crippen molar-refractivity contribution in [2.75, 3.05) is 0 Å². The molecule has 1 amide bonds. The lowest BCUT2D eigenvalue weighted by Crippen LogP contribution is -2.29. The number of carbonyl (C=O) groups excluding carboxylic acids is 1. The first-order valence-corrected chi connectivity index (χ1v) is 6.20. The van der Waals surface area contributed by atoms with Crippen LogP contribution in [-0.4, -0.2) is 20.6 Å². The molecule has 1 heterocycles. The summed E-state index contributed by atoms with van der Waals surface area (Å²) >= 11 is 3.08. The number of rotatable bonds is 7. The van der Waals surface area contributed by atoms with E-state index in [0.717, 1.165) is 19.3 Å². The Morgan fingerprint density at radius 2 is 2.28 bits per heavy atom. The largest absolute Gasteiger partial charge is 0.404 e. The van der Waals surface area contributed by atoms with Crippen LogP contribution < -0.4 is 11.3 Å². The summed E-state index contributed by atoms with van der Waals surface area (Å²) in [6.07, 6.45) is 4.32. The van der Waals surface area contributed by atoms with Gasteiger partial charge in [-0.05, 0) is 33.7 Å². The zero-order valence-corrected chi connectivity index (χ0v) is 11.2. The SMILES string of the molecule is NNC(=O)CCCCCn1cc(Br)c([N+](=O)[O-])n1. The molecule has 0 spiro atoms. The molecule has 8 nitrogen and oxygen atoms in total. The van der Waals surface area contributed by atoms with Gasteiger partial charge >= 0.3 is 5.82 Å². The van der Waals surface area contributed by atoms with Gasteiger partial charge in [-0.3, -0.25) is 10.2 Å². The third kappa shape index (κ3) is 4.41. The van der Waals surface area contributed by atoms with E-state index in [9.17, 15) is 14.9 Å². The number of unbranched alkanes of at least 4 members (excludes halogenated alkanes) is 2. The van der Waals surface area contributed by atoms with Gasteiger partial charge in [0.15, 0.2) is 0 Å². The third-order valence-electron chi connectivity index (χ3n) is 2.32. The molecule has 0 aliphatic heterocycles. The zero-order chi connectivity index (χ0) is 13.5. The minimum atomic E-state index is -0.536. The van der Waals surface area contributed by atoms with Crippen LogP contribution >= 0.6 is 15.9 Å². The molecule has 0 fully saturated rings. The zero-order valence-electron chi connectivity index (χ0n) is 9.63. The first-order valence-electron chi connectivity index (χ1n) is 5.41. The van der Waals surface area contributed by atoms with Gasteiger partial charge in [0, 0.05) is 6.42 Å². The van der Waals surface area contributed by atoms with Crippen LogP contribution in [0.2, 0.25) is 0 Å². The van der Waals surface area contributed by atoms with Gasteiger partial charge in [-0.15, -0.1) is 0 Å². The first-order chi connectivity index (χ1) is 8.54. The van der Waals surface area contributed by atoms with Crippen molar-refractivity contribution in [1.82, 2.24) is 15.2 Å². The highest BCUT2D eigenvalue weighted by Gasteiger charge is 2.17. The Morgan fingerprint density at radius 1 is 1.56 bits per heavy atom. The molecule has 0 aliphatic rings. The number of aryl methyl sites for hydroxylation is 1. The van der Waals surface area contributed by atoms with Crippen LogP contribution in [0.15, 0.2) is 10.7 Å². The van der Waals surface area contributed by atoms with Crippen molar-refractivity contribution in [2.24, 2.45) is 5.84 Å². The van der Waals surface area contributed by atoms with E-state index in [0.29, 0.717) is 17.4 Å². The second-order valence-corrected chi connectivity index (χ2v) is 4.55. The Balaban J connectivity index is 2.29. The van der Waals surface area contributed by atoms with Gasteiger partial charge in [-0.1, -0.05) is 6.42 Å². The van der Waals surface area contributed by atoms with E-state index in [1.165, 1.54) is 4.68 Å². The molecule has 0 bridgehead atoms. The molecule has 0 aliphatic carbocycles. The highest BCUT2D eigenvalue weighted by atomic mass is 79.9. The van der Waals surface area contributed by atoms with Gasteiger partial charge in [-0.25, -0.2) is 5.84 Å². The predicted octanol–water partition coefficient (Wildman–Crippen LogP) is 1.10. The van der Waals surface area contributed by atoms with Crippen molar-refractivity contribution in [3.8, 4) is 0 Å². The van der Waals surface area contributed by atoms with Gasteiger partial charge < -0.3 is 10.1 Å². The maximum atomic E-state index is 10.8. The summed E-state index contributed by atoms with van der Waals surface area (Å²) in [6.45, 7) is 0.580. The number of aromatic nitrogens is 2. The Bertz CT molecular complexity index is 434. The van der Waals surface area contributed by atoms with Gasteiger partial charge in [-0.2, -0.15) is 4.68 Å². The maximum absolute atomic E-state index is 10.8. The molecule has 1 aromatic rings. The van der Waals surface area contributed by atoms with Crippen LogP contribution in [0.25, 0.3) is 0 Å². The molecule has 3 N–H and O–H groups in total. The van der Waals surface area contributed by atoms with Crippen molar-refractivity contribution < 1.29 is 9.72 Å². The summed E-state index contributed by atoms with van der Waals surface area (Å²) in [6, 6.07) is 0. The summed E-state index contributed by atoms with van der Waals surface area (Å²) in [5, 5.41) is 14.4. The average molecular weight is 320 g/mol. The smallest absolute Gasteiger partial charge is 0.358 e. The number of amides is 1. The molecule has 0 atom stereocenters. The minimum absolute atomic E-state index is 0.183. The van der Waals surface area contributed by atoms with E-state index in [2.05, 4.69) is 26.5 Å². The monoisotopic (exact) mass is 319 g/mol. The average Bonchev–Trinajstić information content (AvgIpc) is 2.70. The molecular weight excluding hydrogens is 306 g/mol. The molecule has 0 saturated heterocycles. The van der Waals surface area contributed by atoms with Gasteiger partial charge in [0.1, 0.15) is 4.47 Å². The number of nitrogens with two attached hydrogens (primary N) is 1. The lowest BCUT2D eigenvalue weighted by molar-refractivity contribution is -0.390. The predicted molar refractivity (Wildman–Crippen MR) is 67.4 cm³/mol. The number of halogens is 1. The molecular formula is C9H14BrN5O3. The number of hydrogen-bond acceptors (Lipinski definition) is 5. The van der Waals surface area contributed by atoms with E-state index in [1.54, 1.807) is 6.20 Å². The Labute approximate surface area is 112 Å². The molecule has 100 valence electrons. The number of nitrogens with one attached hydrogen (secondary N) is 1. The van der Waals surface area contributed by atoms with E-state index < -0.39 is 4.92 Å². The Kier molecular flexibility index (Phi) is 5.72. The first kappa shape index (κ1) is 14.6. The van der Waals surface area contributed by atoms with Crippen LogP contribution in [-0.2, 0) is 11.3 Å². The quantitative estimate of drug-likeness (QED) is 0.257. The molecule has 0 unspecified atom stereocenters. The van der Waals surface area contributed by atoms with Gasteiger partial charge in [0.05, 0.1) is 17.8 Å². The molecule has 1 aromatic heterocycles. The number of hydrogen-bond donors (Lipinski definition) is 2. The summed E-state index contributed by atoms with van der Waals surface area (Å²) < 4.78 is 1.89. The molecule has 18 heavy (non-hydrogen) atoms. The Hall–Kier alpha value is -1.48. The van der Waals surface area contributed by atoms with Crippen molar-refractivity contribution >= 4 is 27.7 Å². The standard InChI is InChI=1S/C9H14BrN5O3/c10-7-6-14(13-9(7)15(17)18)5-3-1-2-4-8(16)12-11/h6H,1-5,11H2,(H,12,16). The van der Waals surface area contributed by atoms with Gasteiger partial charge in [0.2, 0.25) is 5.91 Å². The maximum Gasteiger partial charge on any atom is 0.404 e. The fraction of sp³-hybridized carbons (Fsp3) is 0.556.